The van der Waals surface area contributed by atoms with Crippen LogP contribution in [0.4, 0.5) is 4.79 Å². The largest absolute Gasteiger partial charge is 0.444 e. The predicted molar refractivity (Wildman–Crippen MR) is 83.7 cm³/mol. The quantitative estimate of drug-likeness (QED) is 0.378. The van der Waals surface area contributed by atoms with Crippen LogP contribution in [0.3, 0.4) is 0 Å². The number of carbonyl (C=O) groups excluding carboxylic acids is 1. The van der Waals surface area contributed by atoms with Crippen LogP contribution in [0.25, 0.3) is 6.08 Å². The fourth-order valence-electron chi connectivity index (χ4n) is 1.60. The summed E-state index contributed by atoms with van der Waals surface area (Å²) >= 11 is 0. The van der Waals surface area contributed by atoms with Crippen molar-refractivity contribution in [1.82, 2.24) is 5.32 Å². The molecule has 0 aliphatic rings. The summed E-state index contributed by atoms with van der Waals surface area (Å²) in [6, 6.07) is 7.58. The smallest absolute Gasteiger partial charge is 0.407 e. The Balaban J connectivity index is 2.35. The Hall–Kier alpha value is -2.30. The highest BCUT2D eigenvalue weighted by Crippen LogP contribution is 2.07. The molecular formula is C16H22N2O3. The summed E-state index contributed by atoms with van der Waals surface area (Å²) in [6.07, 6.45) is 5.59. The van der Waals surface area contributed by atoms with Gasteiger partial charge >= 0.3 is 6.09 Å². The summed E-state index contributed by atoms with van der Waals surface area (Å²) in [4.78, 5) is 11.4. The van der Waals surface area contributed by atoms with E-state index >= 15 is 0 Å². The maximum atomic E-state index is 11.4. The van der Waals surface area contributed by atoms with Gasteiger partial charge in [-0.15, -0.1) is 0 Å². The van der Waals surface area contributed by atoms with Gasteiger partial charge in [0.25, 0.3) is 0 Å². The molecule has 5 nitrogen and oxygen atoms in total. The summed E-state index contributed by atoms with van der Waals surface area (Å²) in [7, 11) is 0. The van der Waals surface area contributed by atoms with Crippen molar-refractivity contribution in [2.24, 2.45) is 5.16 Å². The van der Waals surface area contributed by atoms with Crippen LogP contribution in [0, 0.1) is 0 Å². The standard InChI is InChI=1S/C16H22N2O3/c1-16(2,3)21-15(19)17-10-5-4-7-13-8-6-9-14(11-13)12-18-20/h4,6-9,11-12,20H,5,10H2,1-3H3,(H,17,19). The first kappa shape index (κ1) is 16.8. The first-order valence-electron chi connectivity index (χ1n) is 6.81. The molecule has 1 aromatic carbocycles. The van der Waals surface area contributed by atoms with Gasteiger partial charge in [0.05, 0.1) is 6.21 Å². The first-order chi connectivity index (χ1) is 9.90. The van der Waals surface area contributed by atoms with Crippen molar-refractivity contribution in [3.63, 3.8) is 0 Å². The SMILES string of the molecule is CC(C)(C)OC(=O)NCCC=Cc1cccc(C=NO)c1. The normalized spacial score (nSPS) is 12.0. The maximum absolute atomic E-state index is 11.4. The van der Waals surface area contributed by atoms with Gasteiger partial charge in [0.15, 0.2) is 0 Å². The van der Waals surface area contributed by atoms with Gasteiger partial charge in [-0.05, 0) is 44.4 Å². The second-order valence-electron chi connectivity index (χ2n) is 5.53. The topological polar surface area (TPSA) is 70.9 Å². The first-order valence-corrected chi connectivity index (χ1v) is 6.81. The van der Waals surface area contributed by atoms with Crippen molar-refractivity contribution in [1.29, 1.82) is 0 Å². The van der Waals surface area contributed by atoms with Crippen LogP contribution in [0.1, 0.15) is 38.3 Å². The molecule has 1 aromatic rings. The number of nitrogens with one attached hydrogen (secondary N) is 1. The average Bonchev–Trinajstić information content (AvgIpc) is 2.37. The molecule has 0 bridgehead atoms. The number of oxime groups is 1. The van der Waals surface area contributed by atoms with E-state index in [1.165, 1.54) is 6.21 Å². The van der Waals surface area contributed by atoms with E-state index in [0.29, 0.717) is 13.0 Å². The van der Waals surface area contributed by atoms with E-state index in [1.54, 1.807) is 0 Å². The summed E-state index contributed by atoms with van der Waals surface area (Å²) in [5.74, 6) is 0. The number of amides is 1. The predicted octanol–water partition coefficient (Wildman–Crippen LogP) is 3.42. The van der Waals surface area contributed by atoms with Crippen LogP contribution in [0.5, 0.6) is 0 Å². The lowest BCUT2D eigenvalue weighted by Gasteiger charge is -2.19. The Labute approximate surface area is 125 Å². The second kappa shape index (κ2) is 8.09. The molecule has 0 atom stereocenters. The molecule has 114 valence electrons. The van der Waals surface area contributed by atoms with Gasteiger partial charge in [0.1, 0.15) is 5.60 Å². The molecule has 1 amide bonds. The van der Waals surface area contributed by atoms with Gasteiger partial charge < -0.3 is 15.3 Å². The minimum atomic E-state index is -0.478. The molecule has 0 spiro atoms. The van der Waals surface area contributed by atoms with Crippen molar-refractivity contribution in [3.05, 3.63) is 41.5 Å². The van der Waals surface area contributed by atoms with E-state index in [4.69, 9.17) is 9.94 Å². The second-order valence-corrected chi connectivity index (χ2v) is 5.53. The summed E-state index contributed by atoms with van der Waals surface area (Å²) in [5.41, 5.74) is 1.35. The number of hydrogen-bond acceptors (Lipinski definition) is 4. The van der Waals surface area contributed by atoms with E-state index in [-0.39, 0.29) is 0 Å². The molecule has 0 saturated heterocycles. The number of alkyl carbamates (subject to hydrolysis) is 1. The van der Waals surface area contributed by atoms with Gasteiger partial charge in [-0.3, -0.25) is 0 Å². The van der Waals surface area contributed by atoms with Gasteiger partial charge in [0, 0.05) is 6.54 Å². The van der Waals surface area contributed by atoms with E-state index in [1.807, 2.05) is 57.2 Å². The monoisotopic (exact) mass is 290 g/mol. The maximum Gasteiger partial charge on any atom is 0.407 e. The van der Waals surface area contributed by atoms with Gasteiger partial charge in [-0.1, -0.05) is 35.5 Å². The van der Waals surface area contributed by atoms with Crippen LogP contribution >= 0.6 is 0 Å². The fourth-order valence-corrected chi connectivity index (χ4v) is 1.60. The number of ether oxygens (including phenoxy) is 1. The molecule has 21 heavy (non-hydrogen) atoms. The van der Waals surface area contributed by atoms with Gasteiger partial charge in [-0.25, -0.2) is 4.79 Å². The zero-order valence-corrected chi connectivity index (χ0v) is 12.7. The summed E-state index contributed by atoms with van der Waals surface area (Å²) in [6.45, 7) is 6.00. The lowest BCUT2D eigenvalue weighted by Crippen LogP contribution is -2.32. The molecule has 1 rings (SSSR count). The number of hydrogen-bond donors (Lipinski definition) is 2. The lowest BCUT2D eigenvalue weighted by molar-refractivity contribution is 0.0529. The van der Waals surface area contributed by atoms with Crippen LogP contribution in [-0.4, -0.2) is 29.7 Å². The van der Waals surface area contributed by atoms with Crippen molar-refractivity contribution < 1.29 is 14.7 Å². The summed E-state index contributed by atoms with van der Waals surface area (Å²) in [5, 5.41) is 14.2. The minimum absolute atomic E-state index is 0.406. The third kappa shape index (κ3) is 7.77. The molecule has 0 radical (unpaired) electrons. The minimum Gasteiger partial charge on any atom is -0.444 e. The Kier molecular flexibility index (Phi) is 6.46. The van der Waals surface area contributed by atoms with Crippen LogP contribution < -0.4 is 5.32 Å². The molecule has 2 N–H and O–H groups in total. The van der Waals surface area contributed by atoms with E-state index < -0.39 is 11.7 Å². The lowest BCUT2D eigenvalue weighted by atomic mass is 10.1. The molecule has 0 fully saturated rings. The van der Waals surface area contributed by atoms with Crippen molar-refractivity contribution in [3.8, 4) is 0 Å². The Morgan fingerprint density at radius 1 is 1.38 bits per heavy atom. The fraction of sp³-hybridized carbons (Fsp3) is 0.375. The molecule has 5 heteroatoms. The molecule has 0 aromatic heterocycles. The van der Waals surface area contributed by atoms with Gasteiger partial charge in [0.2, 0.25) is 0 Å². The van der Waals surface area contributed by atoms with Crippen molar-refractivity contribution in [2.75, 3.05) is 6.54 Å². The Morgan fingerprint density at radius 3 is 2.76 bits per heavy atom. The zero-order valence-electron chi connectivity index (χ0n) is 12.7. The summed E-state index contributed by atoms with van der Waals surface area (Å²) < 4.78 is 5.13. The van der Waals surface area contributed by atoms with Crippen LogP contribution in [-0.2, 0) is 4.74 Å². The molecule has 0 aliphatic heterocycles. The highest BCUT2D eigenvalue weighted by atomic mass is 16.6. The third-order valence-electron chi connectivity index (χ3n) is 2.41. The van der Waals surface area contributed by atoms with E-state index in [9.17, 15) is 4.79 Å². The van der Waals surface area contributed by atoms with Crippen LogP contribution in [0.2, 0.25) is 0 Å². The average molecular weight is 290 g/mol. The Bertz CT molecular complexity index is 516. The third-order valence-corrected chi connectivity index (χ3v) is 2.41. The molecular weight excluding hydrogens is 268 g/mol. The highest BCUT2D eigenvalue weighted by Gasteiger charge is 2.14. The number of nitrogens with zero attached hydrogens (tertiary/aromatic N) is 1. The van der Waals surface area contributed by atoms with Crippen molar-refractivity contribution >= 4 is 18.4 Å². The molecule has 0 heterocycles. The number of rotatable bonds is 5. The number of carbonyl (C=O) groups is 1. The molecule has 0 aliphatic carbocycles. The van der Waals surface area contributed by atoms with E-state index in [0.717, 1.165) is 11.1 Å². The molecule has 0 saturated carbocycles. The van der Waals surface area contributed by atoms with Crippen molar-refractivity contribution in [2.45, 2.75) is 32.8 Å². The molecule has 0 unspecified atom stereocenters. The highest BCUT2D eigenvalue weighted by molar-refractivity contribution is 5.80. The Morgan fingerprint density at radius 2 is 2.10 bits per heavy atom. The van der Waals surface area contributed by atoms with E-state index in [2.05, 4.69) is 10.5 Å². The van der Waals surface area contributed by atoms with Gasteiger partial charge in [-0.2, -0.15) is 0 Å². The number of benzene rings is 1. The van der Waals surface area contributed by atoms with Crippen LogP contribution in [0.15, 0.2) is 35.5 Å². The zero-order chi connectivity index (χ0) is 15.7.